The van der Waals surface area contributed by atoms with Crippen LogP contribution >= 0.6 is 12.4 Å². The van der Waals surface area contributed by atoms with Gasteiger partial charge in [0.25, 0.3) is 0 Å². The standard InChI is InChI=1S/C24H25FN2O2.ClH/c25-23-9-5-4-8-21(23)14-15-27(24(28)16-26)17-19-10-12-22(13-11-19)29-18-20-6-2-1-3-7-20;/h1-13H,14-18,26H2;1H. The van der Waals surface area contributed by atoms with Crippen LogP contribution in [0.25, 0.3) is 0 Å². The van der Waals surface area contributed by atoms with Crippen molar-refractivity contribution < 1.29 is 13.9 Å². The molecule has 0 atom stereocenters. The maximum Gasteiger partial charge on any atom is 0.236 e. The lowest BCUT2D eigenvalue weighted by atomic mass is 10.1. The highest BCUT2D eigenvalue weighted by molar-refractivity contribution is 5.85. The van der Waals surface area contributed by atoms with Gasteiger partial charge in [-0.25, -0.2) is 4.39 Å². The van der Waals surface area contributed by atoms with Crippen LogP contribution in [-0.4, -0.2) is 23.9 Å². The molecular weight excluding hydrogens is 403 g/mol. The molecule has 0 aliphatic heterocycles. The first-order valence-electron chi connectivity index (χ1n) is 9.62. The topological polar surface area (TPSA) is 55.6 Å². The summed E-state index contributed by atoms with van der Waals surface area (Å²) in [5, 5.41) is 0. The van der Waals surface area contributed by atoms with Crippen LogP contribution in [0.4, 0.5) is 4.39 Å². The largest absolute Gasteiger partial charge is 0.489 e. The molecule has 3 rings (SSSR count). The summed E-state index contributed by atoms with van der Waals surface area (Å²) in [5.41, 5.74) is 8.22. The Bertz CT molecular complexity index is 920. The van der Waals surface area contributed by atoms with Gasteiger partial charge in [0.2, 0.25) is 5.91 Å². The second kappa shape index (κ2) is 12.0. The number of carbonyl (C=O) groups excluding carboxylic acids is 1. The van der Waals surface area contributed by atoms with Gasteiger partial charge in [0.1, 0.15) is 18.2 Å². The lowest BCUT2D eigenvalue weighted by Gasteiger charge is -2.22. The average molecular weight is 429 g/mol. The summed E-state index contributed by atoms with van der Waals surface area (Å²) in [6, 6.07) is 24.2. The van der Waals surface area contributed by atoms with Gasteiger partial charge in [-0.05, 0) is 41.3 Å². The van der Waals surface area contributed by atoms with Crippen molar-refractivity contribution >= 4 is 18.3 Å². The molecule has 0 aromatic heterocycles. The number of halogens is 2. The van der Waals surface area contributed by atoms with Crippen LogP contribution in [0.5, 0.6) is 5.75 Å². The zero-order valence-electron chi connectivity index (χ0n) is 16.7. The van der Waals surface area contributed by atoms with Crippen molar-refractivity contribution in [3.63, 3.8) is 0 Å². The number of ether oxygens (including phenoxy) is 1. The van der Waals surface area contributed by atoms with Gasteiger partial charge in [-0.3, -0.25) is 4.79 Å². The van der Waals surface area contributed by atoms with E-state index in [0.29, 0.717) is 31.7 Å². The van der Waals surface area contributed by atoms with Crippen molar-refractivity contribution in [3.05, 3.63) is 101 Å². The van der Waals surface area contributed by atoms with E-state index in [1.165, 1.54) is 6.07 Å². The van der Waals surface area contributed by atoms with Gasteiger partial charge in [0.05, 0.1) is 6.54 Å². The number of hydrogen-bond donors (Lipinski definition) is 1. The monoisotopic (exact) mass is 428 g/mol. The maximum atomic E-state index is 13.8. The lowest BCUT2D eigenvalue weighted by molar-refractivity contribution is -0.130. The number of carbonyl (C=O) groups is 1. The first-order chi connectivity index (χ1) is 14.2. The molecule has 0 heterocycles. The number of benzene rings is 3. The minimum absolute atomic E-state index is 0. The minimum Gasteiger partial charge on any atom is -0.489 e. The molecule has 3 aromatic rings. The molecule has 2 N–H and O–H groups in total. The van der Waals surface area contributed by atoms with Crippen LogP contribution < -0.4 is 10.5 Å². The van der Waals surface area contributed by atoms with Crippen LogP contribution in [0.15, 0.2) is 78.9 Å². The molecule has 4 nitrogen and oxygen atoms in total. The third kappa shape index (κ3) is 6.87. The molecule has 1 amide bonds. The van der Waals surface area contributed by atoms with Gasteiger partial charge < -0.3 is 15.4 Å². The van der Waals surface area contributed by atoms with Crippen LogP contribution in [0.2, 0.25) is 0 Å². The Hall–Kier alpha value is -2.89. The van der Waals surface area contributed by atoms with Crippen molar-refractivity contribution in [1.29, 1.82) is 0 Å². The third-order valence-electron chi connectivity index (χ3n) is 4.68. The Labute approximate surface area is 182 Å². The van der Waals surface area contributed by atoms with E-state index in [0.717, 1.165) is 16.9 Å². The average Bonchev–Trinajstić information content (AvgIpc) is 2.77. The Morgan fingerprint density at radius 1 is 0.900 bits per heavy atom. The fourth-order valence-electron chi connectivity index (χ4n) is 3.03. The highest BCUT2D eigenvalue weighted by Crippen LogP contribution is 2.16. The number of nitrogens with two attached hydrogens (primary N) is 1. The van der Waals surface area contributed by atoms with Gasteiger partial charge in [-0.1, -0.05) is 60.7 Å². The van der Waals surface area contributed by atoms with E-state index >= 15 is 0 Å². The molecule has 0 saturated carbocycles. The van der Waals surface area contributed by atoms with E-state index in [-0.39, 0.29) is 30.7 Å². The normalized spacial score (nSPS) is 10.2. The molecule has 0 aliphatic carbocycles. The zero-order valence-corrected chi connectivity index (χ0v) is 17.5. The highest BCUT2D eigenvalue weighted by Gasteiger charge is 2.13. The molecule has 158 valence electrons. The molecule has 0 bridgehead atoms. The zero-order chi connectivity index (χ0) is 20.5. The number of amides is 1. The molecule has 0 fully saturated rings. The predicted molar refractivity (Wildman–Crippen MR) is 119 cm³/mol. The SMILES string of the molecule is Cl.NCC(=O)N(CCc1ccccc1F)Cc1ccc(OCc2ccccc2)cc1. The summed E-state index contributed by atoms with van der Waals surface area (Å²) in [7, 11) is 0. The van der Waals surface area contributed by atoms with Crippen LogP contribution in [0, 0.1) is 5.82 Å². The van der Waals surface area contributed by atoms with E-state index in [1.807, 2.05) is 54.6 Å². The van der Waals surface area contributed by atoms with Gasteiger partial charge in [0, 0.05) is 13.1 Å². The van der Waals surface area contributed by atoms with Crippen molar-refractivity contribution in [1.82, 2.24) is 4.90 Å². The second-order valence-electron chi connectivity index (χ2n) is 6.78. The van der Waals surface area contributed by atoms with Gasteiger partial charge in [0.15, 0.2) is 0 Å². The summed E-state index contributed by atoms with van der Waals surface area (Å²) in [6.45, 7) is 1.25. The Balaban J connectivity index is 0.00000320. The molecule has 0 aliphatic rings. The van der Waals surface area contributed by atoms with Crippen LogP contribution in [0.1, 0.15) is 16.7 Å². The quantitative estimate of drug-likeness (QED) is 0.551. The molecular formula is C24H26ClFN2O2. The van der Waals surface area contributed by atoms with E-state index in [9.17, 15) is 9.18 Å². The maximum absolute atomic E-state index is 13.8. The van der Waals surface area contributed by atoms with Crippen molar-refractivity contribution in [3.8, 4) is 5.75 Å². The highest BCUT2D eigenvalue weighted by atomic mass is 35.5. The molecule has 6 heteroatoms. The first kappa shape index (κ1) is 23.4. The van der Waals surface area contributed by atoms with Crippen molar-refractivity contribution in [2.75, 3.05) is 13.1 Å². The summed E-state index contributed by atoms with van der Waals surface area (Å²) >= 11 is 0. The fourth-order valence-corrected chi connectivity index (χ4v) is 3.03. The minimum atomic E-state index is -0.257. The molecule has 0 spiro atoms. The predicted octanol–water partition coefficient (Wildman–Crippen LogP) is 4.36. The van der Waals surface area contributed by atoms with E-state index in [2.05, 4.69) is 0 Å². The Morgan fingerprint density at radius 2 is 1.57 bits per heavy atom. The molecule has 30 heavy (non-hydrogen) atoms. The van der Waals surface area contributed by atoms with E-state index < -0.39 is 0 Å². The molecule has 0 radical (unpaired) electrons. The van der Waals surface area contributed by atoms with E-state index in [4.69, 9.17) is 10.5 Å². The molecule has 0 saturated heterocycles. The van der Waals surface area contributed by atoms with Crippen molar-refractivity contribution in [2.45, 2.75) is 19.6 Å². The summed E-state index contributed by atoms with van der Waals surface area (Å²) in [5.74, 6) is 0.346. The number of rotatable bonds is 9. The summed E-state index contributed by atoms with van der Waals surface area (Å²) in [6.07, 6.45) is 0.441. The Kier molecular flexibility index (Phi) is 9.32. The Morgan fingerprint density at radius 3 is 2.23 bits per heavy atom. The molecule has 3 aromatic carbocycles. The fraction of sp³-hybridized carbons (Fsp3) is 0.208. The summed E-state index contributed by atoms with van der Waals surface area (Å²) < 4.78 is 19.6. The molecule has 0 unspecified atom stereocenters. The smallest absolute Gasteiger partial charge is 0.236 e. The van der Waals surface area contributed by atoms with Gasteiger partial charge in [-0.15, -0.1) is 12.4 Å². The first-order valence-corrected chi connectivity index (χ1v) is 9.62. The lowest BCUT2D eigenvalue weighted by Crippen LogP contribution is -2.37. The van der Waals surface area contributed by atoms with Crippen LogP contribution in [0.3, 0.4) is 0 Å². The second-order valence-corrected chi connectivity index (χ2v) is 6.78. The van der Waals surface area contributed by atoms with E-state index in [1.54, 1.807) is 23.1 Å². The van der Waals surface area contributed by atoms with Gasteiger partial charge in [-0.2, -0.15) is 0 Å². The van der Waals surface area contributed by atoms with Crippen LogP contribution in [-0.2, 0) is 24.4 Å². The number of hydrogen-bond acceptors (Lipinski definition) is 3. The summed E-state index contributed by atoms with van der Waals surface area (Å²) in [4.78, 5) is 13.9. The number of nitrogens with zero attached hydrogens (tertiary/aromatic N) is 1. The van der Waals surface area contributed by atoms with Crippen molar-refractivity contribution in [2.24, 2.45) is 5.73 Å². The van der Waals surface area contributed by atoms with Gasteiger partial charge >= 0.3 is 0 Å². The third-order valence-corrected chi connectivity index (χ3v) is 4.68.